The Balaban J connectivity index is 2.09. The van der Waals surface area contributed by atoms with Crippen LogP contribution in [0.25, 0.3) is 0 Å². The zero-order chi connectivity index (χ0) is 15.3. The fourth-order valence-corrected chi connectivity index (χ4v) is 3.04. The van der Waals surface area contributed by atoms with Gasteiger partial charge in [0, 0.05) is 6.54 Å². The number of aliphatic carboxylic acids is 1. The van der Waals surface area contributed by atoms with Gasteiger partial charge in [-0.3, -0.25) is 4.79 Å². The highest BCUT2D eigenvalue weighted by molar-refractivity contribution is 6.32. The summed E-state index contributed by atoms with van der Waals surface area (Å²) in [5, 5.41) is 12.7. The highest BCUT2D eigenvalue weighted by atomic mass is 35.5. The van der Waals surface area contributed by atoms with Gasteiger partial charge in [-0.1, -0.05) is 30.9 Å². The predicted molar refractivity (Wildman–Crippen MR) is 79.9 cm³/mol. The van der Waals surface area contributed by atoms with Crippen molar-refractivity contribution in [1.29, 1.82) is 0 Å². The second-order valence-corrected chi connectivity index (χ2v) is 5.95. The summed E-state index contributed by atoms with van der Waals surface area (Å²) in [6.45, 7) is 0.541. The van der Waals surface area contributed by atoms with Gasteiger partial charge in [0.15, 0.2) is 5.82 Å². The number of rotatable bonds is 6. The van der Waals surface area contributed by atoms with Crippen LogP contribution in [0.4, 0.5) is 5.82 Å². The number of nitrogens with zero attached hydrogens (tertiary/aromatic N) is 2. The number of anilines is 1. The molecule has 0 spiro atoms. The van der Waals surface area contributed by atoms with Gasteiger partial charge < -0.3 is 15.2 Å². The van der Waals surface area contributed by atoms with Crippen LogP contribution in [-0.2, 0) is 4.79 Å². The van der Waals surface area contributed by atoms with E-state index in [0.29, 0.717) is 17.4 Å². The molecule has 1 aromatic heterocycles. The summed E-state index contributed by atoms with van der Waals surface area (Å²) in [6.07, 6.45) is 6.76. The standard InChI is InChI=1S/C14H20ClN3O3/c1-21-13-16-8-10(15)12(18-13)17-9-14(7-11(19)20)5-3-2-4-6-14/h8H,2-7,9H2,1H3,(H,19,20)(H,16,17,18). The van der Waals surface area contributed by atoms with Gasteiger partial charge in [0.25, 0.3) is 0 Å². The van der Waals surface area contributed by atoms with Gasteiger partial charge in [-0.15, -0.1) is 0 Å². The van der Waals surface area contributed by atoms with E-state index < -0.39 is 5.97 Å². The number of carboxylic acid groups (broad SMARTS) is 1. The molecule has 0 atom stereocenters. The minimum Gasteiger partial charge on any atom is -0.481 e. The monoisotopic (exact) mass is 313 g/mol. The third-order valence-corrected chi connectivity index (χ3v) is 4.25. The largest absolute Gasteiger partial charge is 0.481 e. The maximum absolute atomic E-state index is 11.2. The van der Waals surface area contributed by atoms with E-state index in [-0.39, 0.29) is 17.8 Å². The molecule has 116 valence electrons. The Morgan fingerprint density at radius 3 is 2.81 bits per heavy atom. The predicted octanol–water partition coefficient (Wildman–Crippen LogP) is 2.98. The van der Waals surface area contributed by atoms with Crippen LogP contribution in [-0.4, -0.2) is 34.7 Å². The van der Waals surface area contributed by atoms with E-state index in [1.54, 1.807) is 0 Å². The van der Waals surface area contributed by atoms with Gasteiger partial charge in [-0.2, -0.15) is 4.98 Å². The van der Waals surface area contributed by atoms with Gasteiger partial charge in [-0.25, -0.2) is 4.98 Å². The summed E-state index contributed by atoms with van der Waals surface area (Å²) in [6, 6.07) is 0.234. The molecule has 0 amide bonds. The fraction of sp³-hybridized carbons (Fsp3) is 0.643. The molecule has 1 aliphatic carbocycles. The first kappa shape index (κ1) is 15.8. The van der Waals surface area contributed by atoms with Crippen molar-refractivity contribution in [2.45, 2.75) is 38.5 Å². The Kier molecular flexibility index (Phi) is 5.22. The second kappa shape index (κ2) is 6.93. The smallest absolute Gasteiger partial charge is 0.318 e. The highest BCUT2D eigenvalue weighted by Gasteiger charge is 2.34. The molecule has 2 N–H and O–H groups in total. The molecular formula is C14H20ClN3O3. The first-order chi connectivity index (χ1) is 10.0. The maximum Gasteiger partial charge on any atom is 0.318 e. The summed E-state index contributed by atoms with van der Waals surface area (Å²) in [7, 11) is 1.49. The number of halogens is 1. The number of methoxy groups -OCH3 is 1. The van der Waals surface area contributed by atoms with E-state index >= 15 is 0 Å². The van der Waals surface area contributed by atoms with Crippen molar-refractivity contribution in [2.24, 2.45) is 5.41 Å². The van der Waals surface area contributed by atoms with Crippen molar-refractivity contribution in [1.82, 2.24) is 9.97 Å². The molecule has 1 fully saturated rings. The molecule has 0 bridgehead atoms. The molecule has 7 heteroatoms. The van der Waals surface area contributed by atoms with Crippen molar-refractivity contribution in [3.63, 3.8) is 0 Å². The zero-order valence-corrected chi connectivity index (χ0v) is 12.8. The quantitative estimate of drug-likeness (QED) is 0.840. The van der Waals surface area contributed by atoms with Gasteiger partial charge in [0.1, 0.15) is 5.02 Å². The second-order valence-electron chi connectivity index (χ2n) is 5.54. The van der Waals surface area contributed by atoms with Crippen LogP contribution in [0.5, 0.6) is 6.01 Å². The van der Waals surface area contributed by atoms with Gasteiger partial charge in [0.05, 0.1) is 19.7 Å². The van der Waals surface area contributed by atoms with Gasteiger partial charge in [-0.05, 0) is 18.3 Å². The van der Waals surface area contributed by atoms with Crippen LogP contribution in [0.1, 0.15) is 38.5 Å². The molecule has 21 heavy (non-hydrogen) atoms. The van der Waals surface area contributed by atoms with Crippen LogP contribution >= 0.6 is 11.6 Å². The summed E-state index contributed by atoms with van der Waals surface area (Å²) in [5.74, 6) is -0.274. The number of carboxylic acids is 1. The first-order valence-corrected chi connectivity index (χ1v) is 7.45. The molecule has 2 rings (SSSR count). The molecule has 1 saturated carbocycles. The Morgan fingerprint density at radius 2 is 2.19 bits per heavy atom. The summed E-state index contributed by atoms with van der Waals surface area (Å²) < 4.78 is 4.98. The normalized spacial score (nSPS) is 17.2. The fourth-order valence-electron chi connectivity index (χ4n) is 2.88. The Bertz CT molecular complexity index is 504. The van der Waals surface area contributed by atoms with E-state index in [4.69, 9.17) is 21.4 Å². The van der Waals surface area contributed by atoms with E-state index in [1.165, 1.54) is 19.7 Å². The summed E-state index contributed by atoms with van der Waals surface area (Å²) >= 11 is 6.06. The SMILES string of the molecule is COc1ncc(Cl)c(NCC2(CC(=O)O)CCCCC2)n1. The first-order valence-electron chi connectivity index (χ1n) is 7.07. The Labute approximate surface area is 128 Å². The molecule has 1 heterocycles. The molecule has 0 radical (unpaired) electrons. The third-order valence-electron chi connectivity index (χ3n) is 3.98. The lowest BCUT2D eigenvalue weighted by Crippen LogP contribution is -2.34. The van der Waals surface area contributed by atoms with Crippen molar-refractivity contribution < 1.29 is 14.6 Å². The number of hydrogen-bond donors (Lipinski definition) is 2. The minimum absolute atomic E-state index is 0.167. The molecule has 0 unspecified atom stereocenters. The molecular weight excluding hydrogens is 294 g/mol. The summed E-state index contributed by atoms with van der Waals surface area (Å²) in [5.41, 5.74) is -0.231. The average molecular weight is 314 g/mol. The molecule has 0 aromatic carbocycles. The van der Waals surface area contributed by atoms with E-state index in [0.717, 1.165) is 25.7 Å². The number of carbonyl (C=O) groups is 1. The van der Waals surface area contributed by atoms with Crippen molar-refractivity contribution in [3.8, 4) is 6.01 Å². The van der Waals surface area contributed by atoms with Crippen molar-refractivity contribution in [2.75, 3.05) is 19.0 Å². The summed E-state index contributed by atoms with van der Waals surface area (Å²) in [4.78, 5) is 19.2. The van der Waals surface area contributed by atoms with Crippen molar-refractivity contribution >= 4 is 23.4 Å². The van der Waals surface area contributed by atoms with Crippen LogP contribution in [0, 0.1) is 5.41 Å². The van der Waals surface area contributed by atoms with Crippen LogP contribution in [0.3, 0.4) is 0 Å². The highest BCUT2D eigenvalue weighted by Crippen LogP contribution is 2.39. The minimum atomic E-state index is -0.759. The van der Waals surface area contributed by atoms with E-state index in [9.17, 15) is 4.79 Å². The van der Waals surface area contributed by atoms with Gasteiger partial charge in [0.2, 0.25) is 0 Å². The maximum atomic E-state index is 11.2. The van der Waals surface area contributed by atoms with Crippen LogP contribution < -0.4 is 10.1 Å². The molecule has 1 aliphatic rings. The van der Waals surface area contributed by atoms with Crippen LogP contribution in [0.2, 0.25) is 5.02 Å². The number of aromatic nitrogens is 2. The number of hydrogen-bond acceptors (Lipinski definition) is 5. The topological polar surface area (TPSA) is 84.3 Å². The van der Waals surface area contributed by atoms with E-state index in [1.807, 2.05) is 0 Å². The van der Waals surface area contributed by atoms with Gasteiger partial charge >= 0.3 is 12.0 Å². The van der Waals surface area contributed by atoms with E-state index in [2.05, 4.69) is 15.3 Å². The molecule has 1 aromatic rings. The lowest BCUT2D eigenvalue weighted by molar-refractivity contribution is -0.140. The van der Waals surface area contributed by atoms with Crippen molar-refractivity contribution in [3.05, 3.63) is 11.2 Å². The number of nitrogens with one attached hydrogen (secondary N) is 1. The molecule has 0 saturated heterocycles. The lowest BCUT2D eigenvalue weighted by atomic mass is 9.71. The van der Waals surface area contributed by atoms with Crippen LogP contribution in [0.15, 0.2) is 6.20 Å². The molecule has 6 nitrogen and oxygen atoms in total. The number of ether oxygens (including phenoxy) is 1. The Morgan fingerprint density at radius 1 is 1.48 bits per heavy atom. The lowest BCUT2D eigenvalue weighted by Gasteiger charge is -2.36. The Hall–Kier alpha value is -1.56. The zero-order valence-electron chi connectivity index (χ0n) is 12.1. The average Bonchev–Trinajstić information content (AvgIpc) is 2.47. The third kappa shape index (κ3) is 4.20. The molecule has 0 aliphatic heterocycles.